The molecule has 0 saturated heterocycles. The Morgan fingerprint density at radius 3 is 2.50 bits per heavy atom. The van der Waals surface area contributed by atoms with Crippen molar-refractivity contribution in [2.45, 2.75) is 57.9 Å². The quantitative estimate of drug-likeness (QED) is 0.754. The van der Waals surface area contributed by atoms with Gasteiger partial charge in [0.05, 0.1) is 18.9 Å². The van der Waals surface area contributed by atoms with Crippen LogP contribution in [0.15, 0.2) is 0 Å². The summed E-state index contributed by atoms with van der Waals surface area (Å²) < 4.78 is 0. The number of carboxylic acids is 1. The van der Waals surface area contributed by atoms with Crippen LogP contribution in [-0.4, -0.2) is 23.0 Å². The Morgan fingerprint density at radius 1 is 1.39 bits per heavy atom. The first-order chi connectivity index (χ1) is 8.47. The fourth-order valence-electron chi connectivity index (χ4n) is 2.72. The molecule has 0 aromatic carbocycles. The summed E-state index contributed by atoms with van der Waals surface area (Å²) in [5, 5.41) is 20.2. The zero-order valence-corrected chi connectivity index (χ0v) is 10.7. The maximum absolute atomic E-state index is 11.9. The van der Waals surface area contributed by atoms with Gasteiger partial charge in [0.25, 0.3) is 0 Å². The van der Waals surface area contributed by atoms with Crippen molar-refractivity contribution in [3.63, 3.8) is 0 Å². The molecule has 2 N–H and O–H groups in total. The monoisotopic (exact) mass is 252 g/mol. The number of carbonyl (C=O) groups is 2. The molecule has 0 radical (unpaired) electrons. The highest BCUT2D eigenvalue weighted by molar-refractivity contribution is 5.78. The van der Waals surface area contributed by atoms with Crippen molar-refractivity contribution < 1.29 is 14.7 Å². The highest BCUT2D eigenvalue weighted by Gasteiger charge is 2.38. The summed E-state index contributed by atoms with van der Waals surface area (Å²) in [6.07, 6.45) is 4.20. The predicted molar refractivity (Wildman–Crippen MR) is 65.6 cm³/mol. The molecule has 0 aliphatic heterocycles. The van der Waals surface area contributed by atoms with Crippen LogP contribution in [0.25, 0.3) is 0 Å². The highest BCUT2D eigenvalue weighted by Crippen LogP contribution is 2.44. The topological polar surface area (TPSA) is 90.2 Å². The molecular weight excluding hydrogens is 232 g/mol. The minimum Gasteiger partial charge on any atom is -0.481 e. The van der Waals surface area contributed by atoms with Crippen LogP contribution in [-0.2, 0) is 9.59 Å². The van der Waals surface area contributed by atoms with E-state index >= 15 is 0 Å². The average Bonchev–Trinajstić information content (AvgIpc) is 2.64. The van der Waals surface area contributed by atoms with Crippen LogP contribution in [0, 0.1) is 16.7 Å². The van der Waals surface area contributed by atoms with E-state index in [1.54, 1.807) is 6.92 Å². The molecule has 18 heavy (non-hydrogen) atoms. The molecule has 0 aromatic rings. The van der Waals surface area contributed by atoms with Crippen LogP contribution >= 0.6 is 0 Å². The summed E-state index contributed by atoms with van der Waals surface area (Å²) in [6, 6.07) is 1.82. The second-order valence-electron chi connectivity index (χ2n) is 5.29. The zero-order valence-electron chi connectivity index (χ0n) is 10.7. The van der Waals surface area contributed by atoms with Crippen LogP contribution in [0.1, 0.15) is 51.9 Å². The number of carbonyl (C=O) groups excluding carboxylic acids is 1. The van der Waals surface area contributed by atoms with E-state index in [1.165, 1.54) is 0 Å². The maximum Gasteiger partial charge on any atom is 0.303 e. The molecule has 0 bridgehead atoms. The average molecular weight is 252 g/mol. The zero-order chi connectivity index (χ0) is 13.6. The van der Waals surface area contributed by atoms with Crippen LogP contribution in [0.2, 0.25) is 0 Å². The van der Waals surface area contributed by atoms with E-state index in [-0.39, 0.29) is 36.6 Å². The fourth-order valence-corrected chi connectivity index (χ4v) is 2.72. The second-order valence-corrected chi connectivity index (χ2v) is 5.29. The Balaban J connectivity index is 2.54. The number of hydrogen-bond acceptors (Lipinski definition) is 3. The van der Waals surface area contributed by atoms with Crippen molar-refractivity contribution in [1.29, 1.82) is 5.26 Å². The molecule has 1 saturated carbocycles. The summed E-state index contributed by atoms with van der Waals surface area (Å²) >= 11 is 0. The van der Waals surface area contributed by atoms with E-state index in [1.807, 2.05) is 6.07 Å². The molecule has 0 heterocycles. The molecule has 1 fully saturated rings. The summed E-state index contributed by atoms with van der Waals surface area (Å²) in [4.78, 5) is 22.7. The van der Waals surface area contributed by atoms with Gasteiger partial charge in [-0.05, 0) is 25.2 Å². The lowest BCUT2D eigenvalue weighted by Crippen LogP contribution is -2.36. The van der Waals surface area contributed by atoms with Gasteiger partial charge in [0.15, 0.2) is 0 Å². The molecule has 0 spiro atoms. The van der Waals surface area contributed by atoms with Gasteiger partial charge in [0.2, 0.25) is 5.91 Å². The number of rotatable bonds is 6. The van der Waals surface area contributed by atoms with Gasteiger partial charge in [-0.15, -0.1) is 0 Å². The van der Waals surface area contributed by atoms with Crippen LogP contribution in [0.5, 0.6) is 0 Å². The van der Waals surface area contributed by atoms with E-state index < -0.39 is 5.97 Å². The van der Waals surface area contributed by atoms with Crippen LogP contribution in [0.4, 0.5) is 0 Å². The van der Waals surface area contributed by atoms with E-state index in [9.17, 15) is 9.59 Å². The van der Waals surface area contributed by atoms with Gasteiger partial charge in [-0.1, -0.05) is 12.8 Å². The van der Waals surface area contributed by atoms with Crippen molar-refractivity contribution in [1.82, 2.24) is 5.32 Å². The Bertz CT molecular complexity index is 354. The molecule has 100 valence electrons. The lowest BCUT2D eigenvalue weighted by molar-refractivity contribution is -0.140. The minimum absolute atomic E-state index is 0.0626. The fraction of sp³-hybridized carbons (Fsp3) is 0.769. The molecule has 0 aromatic heterocycles. The van der Waals surface area contributed by atoms with Crippen LogP contribution in [0.3, 0.4) is 0 Å². The Morgan fingerprint density at radius 2 is 2.00 bits per heavy atom. The standard InChI is InChI=1S/C13H20N2O3/c1-10(4-7-14)15-11(16)8-13(9-12(17)18)5-2-3-6-13/h10H,2-6,8-9H2,1H3,(H,15,16)(H,17,18). The molecule has 1 rings (SSSR count). The first-order valence-electron chi connectivity index (χ1n) is 6.35. The lowest BCUT2D eigenvalue weighted by Gasteiger charge is -2.27. The first-order valence-corrected chi connectivity index (χ1v) is 6.35. The Kier molecular flexibility index (Phi) is 5.14. The van der Waals surface area contributed by atoms with Gasteiger partial charge in [0, 0.05) is 12.5 Å². The van der Waals surface area contributed by atoms with Crippen molar-refractivity contribution >= 4 is 11.9 Å². The first kappa shape index (κ1) is 14.5. The summed E-state index contributed by atoms with van der Waals surface area (Å²) in [7, 11) is 0. The molecule has 5 heteroatoms. The maximum atomic E-state index is 11.9. The molecule has 1 atom stereocenters. The normalized spacial score (nSPS) is 18.9. The third kappa shape index (κ3) is 4.36. The van der Waals surface area contributed by atoms with E-state index in [4.69, 9.17) is 10.4 Å². The van der Waals surface area contributed by atoms with Gasteiger partial charge in [-0.25, -0.2) is 0 Å². The smallest absolute Gasteiger partial charge is 0.303 e. The number of nitrogens with zero attached hydrogens (tertiary/aromatic N) is 1. The molecule has 1 aliphatic rings. The molecule has 1 unspecified atom stereocenters. The van der Waals surface area contributed by atoms with Crippen molar-refractivity contribution in [2.75, 3.05) is 0 Å². The van der Waals surface area contributed by atoms with Gasteiger partial charge < -0.3 is 10.4 Å². The minimum atomic E-state index is -0.838. The van der Waals surface area contributed by atoms with Crippen molar-refractivity contribution in [2.24, 2.45) is 5.41 Å². The van der Waals surface area contributed by atoms with Gasteiger partial charge in [-0.3, -0.25) is 9.59 Å². The number of aliphatic carboxylic acids is 1. The molecule has 1 amide bonds. The van der Waals surface area contributed by atoms with Crippen LogP contribution < -0.4 is 5.32 Å². The Hall–Kier alpha value is -1.57. The number of nitrogens with one attached hydrogen (secondary N) is 1. The summed E-state index contributed by atoms with van der Waals surface area (Å²) in [5.41, 5.74) is -0.373. The number of amides is 1. The number of carboxylic acid groups (broad SMARTS) is 1. The summed E-state index contributed by atoms with van der Waals surface area (Å²) in [5.74, 6) is -0.976. The number of nitriles is 1. The van der Waals surface area contributed by atoms with E-state index in [2.05, 4.69) is 5.32 Å². The van der Waals surface area contributed by atoms with E-state index in [0.717, 1.165) is 25.7 Å². The lowest BCUT2D eigenvalue weighted by atomic mass is 9.79. The summed E-state index contributed by atoms with van der Waals surface area (Å²) in [6.45, 7) is 1.78. The molecule has 5 nitrogen and oxygen atoms in total. The van der Waals surface area contributed by atoms with Gasteiger partial charge >= 0.3 is 5.97 Å². The van der Waals surface area contributed by atoms with Gasteiger partial charge in [-0.2, -0.15) is 5.26 Å². The predicted octanol–water partition coefficient (Wildman–Crippen LogP) is 1.83. The molecule has 1 aliphatic carbocycles. The van der Waals surface area contributed by atoms with E-state index in [0.29, 0.717) is 0 Å². The largest absolute Gasteiger partial charge is 0.481 e. The SMILES string of the molecule is CC(CC#N)NC(=O)CC1(CC(=O)O)CCCC1. The Labute approximate surface area is 107 Å². The third-order valence-electron chi connectivity index (χ3n) is 3.53. The van der Waals surface area contributed by atoms with Gasteiger partial charge in [0.1, 0.15) is 0 Å². The third-order valence-corrected chi connectivity index (χ3v) is 3.53. The highest BCUT2D eigenvalue weighted by atomic mass is 16.4. The molecular formula is C13H20N2O3. The van der Waals surface area contributed by atoms with Crippen molar-refractivity contribution in [3.8, 4) is 6.07 Å². The second kappa shape index (κ2) is 6.39. The number of hydrogen-bond donors (Lipinski definition) is 2. The van der Waals surface area contributed by atoms with Crippen molar-refractivity contribution in [3.05, 3.63) is 0 Å².